The van der Waals surface area contributed by atoms with Crippen LogP contribution in [0.25, 0.3) is 10.9 Å². The van der Waals surface area contributed by atoms with Gasteiger partial charge < -0.3 is 10.6 Å². The summed E-state index contributed by atoms with van der Waals surface area (Å²) >= 11 is 0. The summed E-state index contributed by atoms with van der Waals surface area (Å²) in [6.45, 7) is 2.53. The largest absolute Gasteiger partial charge is 0.358 e. The van der Waals surface area contributed by atoms with E-state index in [0.29, 0.717) is 13.0 Å². The molecule has 0 bridgehead atoms. The summed E-state index contributed by atoms with van der Waals surface area (Å²) in [5, 5.41) is 10.4. The number of amides is 2. The lowest BCUT2D eigenvalue weighted by Gasteiger charge is -2.05. The first-order valence-electron chi connectivity index (χ1n) is 6.50. The maximum absolute atomic E-state index is 11.6. The Hall–Kier alpha value is -2.37. The van der Waals surface area contributed by atoms with E-state index >= 15 is 0 Å². The second-order valence-electron chi connectivity index (χ2n) is 4.58. The molecule has 2 N–H and O–H groups in total. The van der Waals surface area contributed by atoms with Gasteiger partial charge in [0, 0.05) is 18.9 Å². The van der Waals surface area contributed by atoms with Crippen LogP contribution in [-0.2, 0) is 16.1 Å². The van der Waals surface area contributed by atoms with E-state index in [4.69, 9.17) is 0 Å². The van der Waals surface area contributed by atoms with E-state index in [9.17, 15) is 9.59 Å². The Morgan fingerprint density at radius 2 is 2.10 bits per heavy atom. The van der Waals surface area contributed by atoms with E-state index in [-0.39, 0.29) is 18.4 Å². The van der Waals surface area contributed by atoms with Crippen LogP contribution in [0.2, 0.25) is 0 Å². The van der Waals surface area contributed by atoms with E-state index in [0.717, 1.165) is 16.5 Å². The molecule has 0 saturated heterocycles. The smallest absolute Gasteiger partial charge is 0.239 e. The van der Waals surface area contributed by atoms with Crippen molar-refractivity contribution in [3.05, 3.63) is 30.0 Å². The molecule has 6 nitrogen and oxygen atoms in total. The van der Waals surface area contributed by atoms with Crippen LogP contribution in [-0.4, -0.2) is 35.2 Å². The molecule has 0 atom stereocenters. The molecule has 0 saturated carbocycles. The molecule has 6 heteroatoms. The molecule has 1 aromatic carbocycles. The van der Waals surface area contributed by atoms with Gasteiger partial charge in [-0.15, -0.1) is 0 Å². The zero-order valence-electron chi connectivity index (χ0n) is 11.6. The summed E-state index contributed by atoms with van der Waals surface area (Å²) in [5.41, 5.74) is 2.18. The molecule has 0 aliphatic rings. The molecule has 0 fully saturated rings. The van der Waals surface area contributed by atoms with Crippen LogP contribution in [0.5, 0.6) is 0 Å². The summed E-state index contributed by atoms with van der Waals surface area (Å²) in [6.07, 6.45) is 2.11. The number of likely N-dealkylation sites (N-methyl/N-ethyl adjacent to an activating group) is 1. The van der Waals surface area contributed by atoms with Gasteiger partial charge in [0.25, 0.3) is 0 Å². The predicted octanol–water partition coefficient (Wildman–Crippen LogP) is 0.597. The molecule has 20 heavy (non-hydrogen) atoms. The van der Waals surface area contributed by atoms with Crippen molar-refractivity contribution in [3.63, 3.8) is 0 Å². The number of benzene rings is 1. The summed E-state index contributed by atoms with van der Waals surface area (Å²) in [6, 6.07) is 5.99. The number of rotatable bonds is 5. The first-order chi connectivity index (χ1) is 9.61. The fraction of sp³-hybridized carbons (Fsp3) is 0.357. The van der Waals surface area contributed by atoms with Gasteiger partial charge in [0.1, 0.15) is 0 Å². The van der Waals surface area contributed by atoms with Crippen LogP contribution in [0.3, 0.4) is 0 Å². The highest BCUT2D eigenvalue weighted by atomic mass is 16.2. The first-order valence-corrected chi connectivity index (χ1v) is 6.50. The highest BCUT2D eigenvalue weighted by Gasteiger charge is 2.07. The molecule has 1 heterocycles. The summed E-state index contributed by atoms with van der Waals surface area (Å²) < 4.78 is 1.81. The van der Waals surface area contributed by atoms with Gasteiger partial charge in [-0.1, -0.05) is 12.1 Å². The average molecular weight is 274 g/mol. The monoisotopic (exact) mass is 274 g/mol. The van der Waals surface area contributed by atoms with E-state index < -0.39 is 0 Å². The SMILES string of the molecule is CNC(=O)CNC(=O)CCn1ncc2c(C)cccc21. The third kappa shape index (κ3) is 3.14. The maximum Gasteiger partial charge on any atom is 0.239 e. The topological polar surface area (TPSA) is 76.0 Å². The zero-order valence-corrected chi connectivity index (χ0v) is 11.6. The number of carbonyl (C=O) groups excluding carboxylic acids is 2. The van der Waals surface area contributed by atoms with Gasteiger partial charge >= 0.3 is 0 Å². The number of aryl methyl sites for hydroxylation is 2. The second kappa shape index (κ2) is 6.18. The number of nitrogens with one attached hydrogen (secondary N) is 2. The van der Waals surface area contributed by atoms with Crippen molar-refractivity contribution in [1.29, 1.82) is 0 Å². The molecule has 1 aromatic heterocycles. The minimum absolute atomic E-state index is 0.00823. The lowest BCUT2D eigenvalue weighted by Crippen LogP contribution is -2.35. The van der Waals surface area contributed by atoms with Gasteiger partial charge in [-0.3, -0.25) is 14.3 Å². The van der Waals surface area contributed by atoms with Crippen LogP contribution in [0.4, 0.5) is 0 Å². The van der Waals surface area contributed by atoms with Crippen LogP contribution in [0.15, 0.2) is 24.4 Å². The summed E-state index contributed by atoms with van der Waals surface area (Å²) in [4.78, 5) is 22.6. The van der Waals surface area contributed by atoms with Crippen molar-refractivity contribution in [2.24, 2.45) is 0 Å². The van der Waals surface area contributed by atoms with Gasteiger partial charge in [-0.2, -0.15) is 5.10 Å². The third-order valence-corrected chi connectivity index (χ3v) is 3.18. The summed E-state index contributed by atoms with van der Waals surface area (Å²) in [5.74, 6) is -0.372. The van der Waals surface area contributed by atoms with Crippen LogP contribution in [0, 0.1) is 6.92 Å². The van der Waals surface area contributed by atoms with Crippen molar-refractivity contribution < 1.29 is 9.59 Å². The highest BCUT2D eigenvalue weighted by molar-refractivity contribution is 5.85. The Balaban J connectivity index is 1.94. The number of aromatic nitrogens is 2. The minimum atomic E-state index is -0.210. The molecule has 0 radical (unpaired) electrons. The van der Waals surface area contributed by atoms with Gasteiger partial charge in [-0.25, -0.2) is 0 Å². The molecule has 2 amide bonds. The molecule has 0 aliphatic heterocycles. The predicted molar refractivity (Wildman–Crippen MR) is 76.2 cm³/mol. The molecule has 0 aliphatic carbocycles. The number of fused-ring (bicyclic) bond motifs is 1. The fourth-order valence-electron chi connectivity index (χ4n) is 1.99. The van der Waals surface area contributed by atoms with Crippen molar-refractivity contribution in [3.8, 4) is 0 Å². The number of hydrogen-bond acceptors (Lipinski definition) is 3. The highest BCUT2D eigenvalue weighted by Crippen LogP contribution is 2.17. The molecule has 0 spiro atoms. The number of hydrogen-bond donors (Lipinski definition) is 2. The number of carbonyl (C=O) groups is 2. The lowest BCUT2D eigenvalue weighted by molar-refractivity contribution is -0.126. The van der Waals surface area contributed by atoms with Gasteiger partial charge in [-0.05, 0) is 18.6 Å². The Kier molecular flexibility index (Phi) is 4.34. The third-order valence-electron chi connectivity index (χ3n) is 3.18. The number of nitrogens with zero attached hydrogens (tertiary/aromatic N) is 2. The zero-order chi connectivity index (χ0) is 14.5. The van der Waals surface area contributed by atoms with E-state index in [2.05, 4.69) is 15.7 Å². The van der Waals surface area contributed by atoms with Gasteiger partial charge in [0.2, 0.25) is 11.8 Å². The first kappa shape index (κ1) is 14.0. The van der Waals surface area contributed by atoms with Crippen molar-refractivity contribution >= 4 is 22.7 Å². The van der Waals surface area contributed by atoms with Gasteiger partial charge in [0.05, 0.1) is 24.8 Å². The molecule has 0 unspecified atom stereocenters. The maximum atomic E-state index is 11.6. The Morgan fingerprint density at radius 3 is 2.85 bits per heavy atom. The fourth-order valence-corrected chi connectivity index (χ4v) is 1.99. The standard InChI is InChI=1S/C14H18N4O2/c1-10-4-3-5-12-11(10)8-17-18(12)7-6-13(19)16-9-14(20)15-2/h3-5,8H,6-7,9H2,1-2H3,(H,15,20)(H,16,19). The van der Waals surface area contributed by atoms with Crippen LogP contribution < -0.4 is 10.6 Å². The Bertz CT molecular complexity index is 633. The van der Waals surface area contributed by atoms with Crippen molar-refractivity contribution in [2.45, 2.75) is 19.9 Å². The normalized spacial score (nSPS) is 10.5. The Morgan fingerprint density at radius 1 is 1.30 bits per heavy atom. The second-order valence-corrected chi connectivity index (χ2v) is 4.58. The Labute approximate surface area is 117 Å². The average Bonchev–Trinajstić information content (AvgIpc) is 2.87. The van der Waals surface area contributed by atoms with Crippen LogP contribution >= 0.6 is 0 Å². The molecule has 2 rings (SSSR count). The van der Waals surface area contributed by atoms with Crippen molar-refractivity contribution in [1.82, 2.24) is 20.4 Å². The van der Waals surface area contributed by atoms with E-state index in [1.54, 1.807) is 0 Å². The molecule has 2 aromatic rings. The molecular weight excluding hydrogens is 256 g/mol. The van der Waals surface area contributed by atoms with E-state index in [1.165, 1.54) is 7.05 Å². The minimum Gasteiger partial charge on any atom is -0.358 e. The summed E-state index contributed by atoms with van der Waals surface area (Å²) in [7, 11) is 1.53. The van der Waals surface area contributed by atoms with E-state index in [1.807, 2.05) is 36.0 Å². The quantitative estimate of drug-likeness (QED) is 0.838. The lowest BCUT2D eigenvalue weighted by atomic mass is 10.1. The molecular formula is C14H18N4O2. The molecule has 106 valence electrons. The van der Waals surface area contributed by atoms with Gasteiger partial charge in [0.15, 0.2) is 0 Å². The van der Waals surface area contributed by atoms with Crippen LogP contribution in [0.1, 0.15) is 12.0 Å². The van der Waals surface area contributed by atoms with Crippen molar-refractivity contribution in [2.75, 3.05) is 13.6 Å².